The number of nitrogens with one attached hydrogen (secondary N) is 1. The number of rotatable bonds is 3. The highest BCUT2D eigenvalue weighted by Crippen LogP contribution is 2.25. The van der Waals surface area contributed by atoms with Gasteiger partial charge < -0.3 is 5.32 Å². The Morgan fingerprint density at radius 2 is 2.13 bits per heavy atom. The van der Waals surface area contributed by atoms with Crippen LogP contribution in [0.25, 0.3) is 0 Å². The van der Waals surface area contributed by atoms with E-state index >= 15 is 0 Å². The Morgan fingerprint density at radius 3 is 2.67 bits per heavy atom. The number of carbonyl (C=O) groups is 1. The second kappa shape index (κ2) is 5.73. The van der Waals surface area contributed by atoms with Crippen LogP contribution >= 0.6 is 39.1 Å². The number of hydrogen-bond donors (Lipinski definition) is 1. The first-order valence-corrected chi connectivity index (χ1v) is 6.22. The first-order chi connectivity index (χ1) is 7.04. The van der Waals surface area contributed by atoms with Crippen molar-refractivity contribution in [3.05, 3.63) is 33.8 Å². The summed E-state index contributed by atoms with van der Waals surface area (Å²) in [5.41, 5.74) is 0.929. The van der Waals surface area contributed by atoms with Crippen molar-refractivity contribution in [1.82, 2.24) is 5.32 Å². The zero-order valence-corrected chi connectivity index (χ0v) is 11.2. The van der Waals surface area contributed by atoms with E-state index < -0.39 is 0 Å². The lowest BCUT2D eigenvalue weighted by atomic mass is 10.1. The predicted molar refractivity (Wildman–Crippen MR) is 66.8 cm³/mol. The number of amides is 1. The quantitative estimate of drug-likeness (QED) is 0.850. The Kier molecular flexibility index (Phi) is 4.90. The SMILES string of the molecule is CC(NC(=O)CBr)c1ccc(Cl)c(Cl)c1. The van der Waals surface area contributed by atoms with Crippen molar-refractivity contribution in [3.8, 4) is 0 Å². The number of benzene rings is 1. The summed E-state index contributed by atoms with van der Waals surface area (Å²) in [5.74, 6) is -0.0615. The molecule has 82 valence electrons. The summed E-state index contributed by atoms with van der Waals surface area (Å²) in [7, 11) is 0. The van der Waals surface area contributed by atoms with E-state index in [9.17, 15) is 4.79 Å². The molecule has 0 aliphatic carbocycles. The molecule has 0 spiro atoms. The van der Waals surface area contributed by atoms with Crippen molar-refractivity contribution in [2.24, 2.45) is 0 Å². The fourth-order valence-electron chi connectivity index (χ4n) is 1.15. The van der Waals surface area contributed by atoms with Crippen LogP contribution in [0.2, 0.25) is 10.0 Å². The van der Waals surface area contributed by atoms with E-state index in [1.54, 1.807) is 12.1 Å². The zero-order valence-electron chi connectivity index (χ0n) is 8.06. The molecule has 1 N–H and O–H groups in total. The Hall–Kier alpha value is -0.250. The van der Waals surface area contributed by atoms with Crippen molar-refractivity contribution in [2.75, 3.05) is 5.33 Å². The van der Waals surface area contributed by atoms with Gasteiger partial charge in [-0.2, -0.15) is 0 Å². The van der Waals surface area contributed by atoms with Gasteiger partial charge in [-0.05, 0) is 24.6 Å². The molecule has 15 heavy (non-hydrogen) atoms. The highest BCUT2D eigenvalue weighted by molar-refractivity contribution is 9.09. The average Bonchev–Trinajstić information content (AvgIpc) is 2.21. The summed E-state index contributed by atoms with van der Waals surface area (Å²) in [6.45, 7) is 1.89. The van der Waals surface area contributed by atoms with Gasteiger partial charge in [-0.1, -0.05) is 45.2 Å². The van der Waals surface area contributed by atoms with Gasteiger partial charge in [0.05, 0.1) is 21.4 Å². The normalized spacial score (nSPS) is 12.3. The van der Waals surface area contributed by atoms with E-state index in [0.717, 1.165) is 5.56 Å². The monoisotopic (exact) mass is 309 g/mol. The molecule has 1 amide bonds. The number of halogens is 3. The van der Waals surface area contributed by atoms with Crippen LogP contribution in [-0.4, -0.2) is 11.2 Å². The lowest BCUT2D eigenvalue weighted by Gasteiger charge is -2.13. The summed E-state index contributed by atoms with van der Waals surface area (Å²) in [6.07, 6.45) is 0. The van der Waals surface area contributed by atoms with Crippen LogP contribution in [0.1, 0.15) is 18.5 Å². The third kappa shape index (κ3) is 3.67. The summed E-state index contributed by atoms with van der Waals surface area (Å²) in [6, 6.07) is 5.23. The van der Waals surface area contributed by atoms with Gasteiger partial charge in [0.15, 0.2) is 0 Å². The molecule has 0 radical (unpaired) electrons. The Bertz CT molecular complexity index is 370. The molecule has 5 heteroatoms. The van der Waals surface area contributed by atoms with Crippen molar-refractivity contribution >= 4 is 45.0 Å². The molecule has 0 aromatic heterocycles. The number of alkyl halides is 1. The third-order valence-electron chi connectivity index (χ3n) is 1.94. The maximum atomic E-state index is 11.1. The van der Waals surface area contributed by atoms with Crippen molar-refractivity contribution in [3.63, 3.8) is 0 Å². The van der Waals surface area contributed by atoms with Gasteiger partial charge in [-0.3, -0.25) is 4.79 Å². The molecule has 0 bridgehead atoms. The lowest BCUT2D eigenvalue weighted by molar-refractivity contribution is -0.119. The molecule has 0 saturated heterocycles. The maximum absolute atomic E-state index is 11.1. The van der Waals surface area contributed by atoms with Gasteiger partial charge in [0.2, 0.25) is 5.91 Å². The average molecular weight is 311 g/mol. The van der Waals surface area contributed by atoms with Crippen molar-refractivity contribution in [2.45, 2.75) is 13.0 Å². The van der Waals surface area contributed by atoms with Crippen molar-refractivity contribution in [1.29, 1.82) is 0 Å². The highest BCUT2D eigenvalue weighted by atomic mass is 79.9. The number of hydrogen-bond acceptors (Lipinski definition) is 1. The van der Waals surface area contributed by atoms with Gasteiger partial charge in [0.1, 0.15) is 0 Å². The third-order valence-corrected chi connectivity index (χ3v) is 3.19. The van der Waals surface area contributed by atoms with Gasteiger partial charge in [-0.25, -0.2) is 0 Å². The Morgan fingerprint density at radius 1 is 1.47 bits per heavy atom. The van der Waals surface area contributed by atoms with E-state index in [1.165, 1.54) is 0 Å². The molecule has 1 atom stereocenters. The molecule has 1 aromatic rings. The first-order valence-electron chi connectivity index (χ1n) is 4.35. The molecular formula is C10H10BrCl2NO. The van der Waals surface area contributed by atoms with Crippen LogP contribution in [0.4, 0.5) is 0 Å². The maximum Gasteiger partial charge on any atom is 0.231 e. The first kappa shape index (κ1) is 12.8. The molecular weight excluding hydrogens is 301 g/mol. The minimum atomic E-state index is -0.0789. The minimum absolute atomic E-state index is 0.0615. The number of carbonyl (C=O) groups excluding carboxylic acids is 1. The second-order valence-corrected chi connectivity index (χ2v) is 4.47. The second-order valence-electron chi connectivity index (χ2n) is 3.10. The van der Waals surface area contributed by atoms with Crippen molar-refractivity contribution < 1.29 is 4.79 Å². The molecule has 1 unspecified atom stereocenters. The van der Waals surface area contributed by atoms with Crippen LogP contribution < -0.4 is 5.32 Å². The van der Waals surface area contributed by atoms with E-state index in [0.29, 0.717) is 15.4 Å². The summed E-state index contributed by atoms with van der Waals surface area (Å²) in [4.78, 5) is 11.1. The van der Waals surface area contributed by atoms with Gasteiger partial charge in [0, 0.05) is 0 Å². The van der Waals surface area contributed by atoms with Crippen LogP contribution in [-0.2, 0) is 4.79 Å². The van der Waals surface area contributed by atoms with E-state index in [4.69, 9.17) is 23.2 Å². The van der Waals surface area contributed by atoms with E-state index in [1.807, 2.05) is 13.0 Å². The largest absolute Gasteiger partial charge is 0.349 e. The van der Waals surface area contributed by atoms with E-state index in [-0.39, 0.29) is 11.9 Å². The van der Waals surface area contributed by atoms with E-state index in [2.05, 4.69) is 21.2 Å². The highest BCUT2D eigenvalue weighted by Gasteiger charge is 2.09. The van der Waals surface area contributed by atoms with Crippen LogP contribution in [0.5, 0.6) is 0 Å². The summed E-state index contributed by atoms with van der Waals surface area (Å²) < 4.78 is 0. The molecule has 1 rings (SSSR count). The van der Waals surface area contributed by atoms with Crippen LogP contribution in [0, 0.1) is 0 Å². The molecule has 0 heterocycles. The molecule has 0 fully saturated rings. The van der Waals surface area contributed by atoms with Gasteiger partial charge in [-0.15, -0.1) is 0 Å². The summed E-state index contributed by atoms with van der Waals surface area (Å²) >= 11 is 14.7. The van der Waals surface area contributed by atoms with Crippen LogP contribution in [0.15, 0.2) is 18.2 Å². The molecule has 0 saturated carbocycles. The van der Waals surface area contributed by atoms with Crippen LogP contribution in [0.3, 0.4) is 0 Å². The zero-order chi connectivity index (χ0) is 11.4. The molecule has 2 nitrogen and oxygen atoms in total. The van der Waals surface area contributed by atoms with Gasteiger partial charge in [0.25, 0.3) is 0 Å². The lowest BCUT2D eigenvalue weighted by Crippen LogP contribution is -2.27. The topological polar surface area (TPSA) is 29.1 Å². The molecule has 0 aliphatic heterocycles. The molecule has 0 aliphatic rings. The smallest absolute Gasteiger partial charge is 0.231 e. The molecule has 1 aromatic carbocycles. The standard InChI is InChI=1S/C10H10BrCl2NO/c1-6(14-10(15)5-11)7-2-3-8(12)9(13)4-7/h2-4,6H,5H2,1H3,(H,14,15). The Labute approximate surface area is 107 Å². The van der Waals surface area contributed by atoms with Gasteiger partial charge >= 0.3 is 0 Å². The Balaban J connectivity index is 2.78. The minimum Gasteiger partial charge on any atom is -0.349 e. The fourth-order valence-corrected chi connectivity index (χ4v) is 1.61. The fraction of sp³-hybridized carbons (Fsp3) is 0.300. The summed E-state index contributed by atoms with van der Waals surface area (Å²) in [5, 5.41) is 4.10. The predicted octanol–water partition coefficient (Wildman–Crippen LogP) is 3.57.